The quantitative estimate of drug-likeness (QED) is 0.768. The van der Waals surface area contributed by atoms with E-state index in [2.05, 4.69) is 12.2 Å². The SMILES string of the molecule is C[C@H]1CCCC[C@@H]1NC(=O)CN1C(=O)/C(=C\c2ccc(F)cc2)Oc2ccccc21. The summed E-state index contributed by atoms with van der Waals surface area (Å²) in [5, 5.41) is 3.10. The molecule has 2 aromatic carbocycles. The Kier molecular flexibility index (Phi) is 5.84. The van der Waals surface area contributed by atoms with Crippen molar-refractivity contribution in [2.45, 2.75) is 38.6 Å². The molecule has 4 rings (SSSR count). The van der Waals surface area contributed by atoms with Crippen molar-refractivity contribution in [3.63, 3.8) is 0 Å². The van der Waals surface area contributed by atoms with Gasteiger partial charge in [0, 0.05) is 6.04 Å². The van der Waals surface area contributed by atoms with Crippen LogP contribution in [0.3, 0.4) is 0 Å². The molecule has 0 radical (unpaired) electrons. The normalized spacial score (nSPS) is 22.4. The van der Waals surface area contributed by atoms with Gasteiger partial charge in [0.2, 0.25) is 5.91 Å². The zero-order chi connectivity index (χ0) is 21.1. The fourth-order valence-electron chi connectivity index (χ4n) is 4.06. The summed E-state index contributed by atoms with van der Waals surface area (Å²) in [6.07, 6.45) is 5.94. The van der Waals surface area contributed by atoms with Gasteiger partial charge in [0.15, 0.2) is 11.5 Å². The van der Waals surface area contributed by atoms with Gasteiger partial charge in [-0.15, -0.1) is 0 Å². The fourth-order valence-corrected chi connectivity index (χ4v) is 4.06. The van der Waals surface area contributed by atoms with Gasteiger partial charge >= 0.3 is 0 Å². The molecule has 1 fully saturated rings. The number of halogens is 1. The number of amides is 2. The molecule has 1 N–H and O–H groups in total. The Labute approximate surface area is 175 Å². The molecule has 1 saturated carbocycles. The summed E-state index contributed by atoms with van der Waals surface area (Å²) in [7, 11) is 0. The number of carbonyl (C=O) groups excluding carboxylic acids is 2. The number of hydrogen-bond acceptors (Lipinski definition) is 3. The summed E-state index contributed by atoms with van der Waals surface area (Å²) in [5.74, 6) is 0.103. The largest absolute Gasteiger partial charge is 0.449 e. The van der Waals surface area contributed by atoms with Crippen LogP contribution in [0.1, 0.15) is 38.2 Å². The fraction of sp³-hybridized carbons (Fsp3) is 0.333. The molecule has 156 valence electrons. The average Bonchev–Trinajstić information content (AvgIpc) is 2.74. The van der Waals surface area contributed by atoms with Gasteiger partial charge in [0.25, 0.3) is 5.91 Å². The van der Waals surface area contributed by atoms with Crippen molar-refractivity contribution >= 4 is 23.6 Å². The highest BCUT2D eigenvalue weighted by Crippen LogP contribution is 2.35. The Bertz CT molecular complexity index is 971. The van der Waals surface area contributed by atoms with Crippen LogP contribution in [0.15, 0.2) is 54.3 Å². The van der Waals surface area contributed by atoms with E-state index >= 15 is 0 Å². The molecule has 2 aromatic rings. The molecule has 2 aliphatic rings. The predicted molar refractivity (Wildman–Crippen MR) is 113 cm³/mol. The maximum absolute atomic E-state index is 13.2. The van der Waals surface area contributed by atoms with Crippen LogP contribution in [0.4, 0.5) is 10.1 Å². The third-order valence-corrected chi connectivity index (χ3v) is 5.76. The van der Waals surface area contributed by atoms with Gasteiger partial charge in [-0.25, -0.2) is 4.39 Å². The highest BCUT2D eigenvalue weighted by Gasteiger charge is 2.32. The molecule has 5 nitrogen and oxygen atoms in total. The second-order valence-electron chi connectivity index (χ2n) is 7.96. The molecule has 0 saturated heterocycles. The number of para-hydroxylation sites is 2. The molecule has 1 aliphatic carbocycles. The Morgan fingerprint density at radius 2 is 1.90 bits per heavy atom. The highest BCUT2D eigenvalue weighted by molar-refractivity contribution is 6.12. The Hall–Kier alpha value is -3.15. The van der Waals surface area contributed by atoms with Crippen LogP contribution in [0.5, 0.6) is 5.75 Å². The maximum Gasteiger partial charge on any atom is 0.294 e. The molecule has 30 heavy (non-hydrogen) atoms. The number of carbonyl (C=O) groups is 2. The summed E-state index contributed by atoms with van der Waals surface area (Å²) in [5.41, 5.74) is 1.20. The van der Waals surface area contributed by atoms with Gasteiger partial charge in [-0.2, -0.15) is 0 Å². The zero-order valence-electron chi connectivity index (χ0n) is 16.9. The minimum atomic E-state index is -0.398. The van der Waals surface area contributed by atoms with Crippen LogP contribution in [-0.4, -0.2) is 24.4 Å². The smallest absolute Gasteiger partial charge is 0.294 e. The van der Waals surface area contributed by atoms with E-state index < -0.39 is 5.91 Å². The number of nitrogens with zero attached hydrogens (tertiary/aromatic N) is 1. The number of rotatable bonds is 4. The zero-order valence-corrected chi connectivity index (χ0v) is 16.9. The molecular weight excluding hydrogens is 383 g/mol. The van der Waals surface area contributed by atoms with Crippen LogP contribution in [0.2, 0.25) is 0 Å². The van der Waals surface area contributed by atoms with E-state index in [1.54, 1.807) is 36.4 Å². The minimum absolute atomic E-state index is 0.0802. The average molecular weight is 408 g/mol. The first kappa shape index (κ1) is 20.1. The molecule has 2 atom stereocenters. The second-order valence-corrected chi connectivity index (χ2v) is 7.96. The van der Waals surface area contributed by atoms with Crippen molar-refractivity contribution < 1.29 is 18.7 Å². The van der Waals surface area contributed by atoms with Crippen LogP contribution < -0.4 is 15.0 Å². The van der Waals surface area contributed by atoms with Crippen LogP contribution in [0, 0.1) is 11.7 Å². The molecule has 0 aromatic heterocycles. The molecule has 6 heteroatoms. The summed E-state index contributed by atoms with van der Waals surface area (Å²) >= 11 is 0. The highest BCUT2D eigenvalue weighted by atomic mass is 19.1. The molecule has 0 unspecified atom stereocenters. The summed E-state index contributed by atoms with van der Waals surface area (Å²) in [4.78, 5) is 27.3. The lowest BCUT2D eigenvalue weighted by Gasteiger charge is -2.32. The number of ether oxygens (including phenoxy) is 1. The Morgan fingerprint density at radius 1 is 1.17 bits per heavy atom. The molecular formula is C24H25FN2O3. The molecule has 0 bridgehead atoms. The monoisotopic (exact) mass is 408 g/mol. The van der Waals surface area contributed by atoms with E-state index in [0.29, 0.717) is 22.9 Å². The van der Waals surface area contributed by atoms with E-state index in [0.717, 1.165) is 19.3 Å². The summed E-state index contributed by atoms with van der Waals surface area (Å²) in [6.45, 7) is 2.08. The van der Waals surface area contributed by atoms with Crippen LogP contribution >= 0.6 is 0 Å². The predicted octanol–water partition coefficient (Wildman–Crippen LogP) is 4.29. The van der Waals surface area contributed by atoms with E-state index in [-0.39, 0.29) is 30.1 Å². The van der Waals surface area contributed by atoms with Gasteiger partial charge in [-0.1, -0.05) is 44.0 Å². The molecule has 1 aliphatic heterocycles. The topological polar surface area (TPSA) is 58.6 Å². The lowest BCUT2D eigenvalue weighted by atomic mass is 9.86. The van der Waals surface area contributed by atoms with E-state index in [9.17, 15) is 14.0 Å². The lowest BCUT2D eigenvalue weighted by Crippen LogP contribution is -2.48. The van der Waals surface area contributed by atoms with Crippen LogP contribution in [0.25, 0.3) is 6.08 Å². The first-order valence-corrected chi connectivity index (χ1v) is 10.4. The van der Waals surface area contributed by atoms with Gasteiger partial charge < -0.3 is 10.1 Å². The number of fused-ring (bicyclic) bond motifs is 1. The van der Waals surface area contributed by atoms with E-state index in [1.807, 2.05) is 6.07 Å². The number of nitrogens with one attached hydrogen (secondary N) is 1. The van der Waals surface area contributed by atoms with Gasteiger partial charge in [0.1, 0.15) is 12.4 Å². The first-order valence-electron chi connectivity index (χ1n) is 10.4. The van der Waals surface area contributed by atoms with Crippen molar-refractivity contribution in [3.05, 3.63) is 65.7 Å². The standard InChI is InChI=1S/C24H25FN2O3/c1-16-6-2-3-7-19(16)26-23(28)15-27-20-8-4-5-9-21(20)30-22(24(27)29)14-17-10-12-18(25)13-11-17/h4-5,8-14,16,19H,2-3,6-7,15H2,1H3,(H,26,28)/b22-14+/t16-,19-/m0/s1. The van der Waals surface area contributed by atoms with Crippen molar-refractivity contribution in [2.24, 2.45) is 5.92 Å². The Balaban J connectivity index is 1.56. The lowest BCUT2D eigenvalue weighted by molar-refractivity contribution is -0.124. The van der Waals surface area contributed by atoms with Crippen molar-refractivity contribution in [2.75, 3.05) is 11.4 Å². The second kappa shape index (κ2) is 8.69. The maximum atomic E-state index is 13.2. The summed E-state index contributed by atoms with van der Waals surface area (Å²) < 4.78 is 19.0. The van der Waals surface area contributed by atoms with Gasteiger partial charge in [-0.3, -0.25) is 14.5 Å². The van der Waals surface area contributed by atoms with Gasteiger partial charge in [-0.05, 0) is 54.7 Å². The third kappa shape index (κ3) is 4.37. The molecule has 1 heterocycles. The van der Waals surface area contributed by atoms with Crippen LogP contribution in [-0.2, 0) is 9.59 Å². The van der Waals surface area contributed by atoms with Gasteiger partial charge in [0.05, 0.1) is 5.69 Å². The minimum Gasteiger partial charge on any atom is -0.449 e. The Morgan fingerprint density at radius 3 is 2.67 bits per heavy atom. The van der Waals surface area contributed by atoms with Crippen molar-refractivity contribution in [1.29, 1.82) is 0 Å². The molecule has 2 amide bonds. The third-order valence-electron chi connectivity index (χ3n) is 5.76. The number of anilines is 1. The van der Waals surface area contributed by atoms with Crippen molar-refractivity contribution in [3.8, 4) is 5.75 Å². The first-order chi connectivity index (χ1) is 14.5. The molecule has 0 spiro atoms. The van der Waals surface area contributed by atoms with Crippen molar-refractivity contribution in [1.82, 2.24) is 5.32 Å². The summed E-state index contributed by atoms with van der Waals surface area (Å²) in [6, 6.07) is 13.1. The number of benzene rings is 2. The van der Waals surface area contributed by atoms with E-state index in [1.165, 1.54) is 23.5 Å². The number of hydrogen-bond donors (Lipinski definition) is 1. The van der Waals surface area contributed by atoms with E-state index in [4.69, 9.17) is 4.74 Å².